The highest BCUT2D eigenvalue weighted by molar-refractivity contribution is 8.16. The van der Waals surface area contributed by atoms with Gasteiger partial charge in [-0.25, -0.2) is 4.98 Å². The van der Waals surface area contributed by atoms with Crippen LogP contribution in [0.15, 0.2) is 18.6 Å². The first kappa shape index (κ1) is 9.14. The molecule has 1 amide bonds. The zero-order valence-corrected chi connectivity index (χ0v) is 7.95. The minimum absolute atomic E-state index is 0.00207. The summed E-state index contributed by atoms with van der Waals surface area (Å²) in [4.78, 5) is 29.9. The molecule has 6 heteroatoms. The molecule has 1 fully saturated rings. The van der Waals surface area contributed by atoms with Gasteiger partial charge in [0, 0.05) is 18.1 Å². The molecular weight excluding hydrogens is 202 g/mol. The van der Waals surface area contributed by atoms with Crippen LogP contribution in [0.5, 0.6) is 0 Å². The van der Waals surface area contributed by atoms with E-state index in [0.717, 1.165) is 0 Å². The van der Waals surface area contributed by atoms with Gasteiger partial charge < -0.3 is 5.32 Å². The van der Waals surface area contributed by atoms with Crippen LogP contribution in [0.4, 0.5) is 0 Å². The molecule has 1 unspecified atom stereocenters. The van der Waals surface area contributed by atoms with E-state index >= 15 is 0 Å². The highest BCUT2D eigenvalue weighted by atomic mass is 32.2. The minimum Gasteiger partial charge on any atom is -0.339 e. The molecular formula is C8H7N3O2S. The van der Waals surface area contributed by atoms with Gasteiger partial charge in [-0.15, -0.1) is 0 Å². The number of carbonyl (C=O) groups excluding carboxylic acids is 2. The average molecular weight is 209 g/mol. The van der Waals surface area contributed by atoms with E-state index in [-0.39, 0.29) is 22.8 Å². The van der Waals surface area contributed by atoms with E-state index in [4.69, 9.17) is 0 Å². The predicted octanol–water partition coefficient (Wildman–Crippen LogP) is -0.152. The smallest absolute Gasteiger partial charge is 0.272 e. The van der Waals surface area contributed by atoms with Crippen molar-refractivity contribution < 1.29 is 9.59 Å². The number of hydrogen-bond acceptors (Lipinski definition) is 5. The van der Waals surface area contributed by atoms with Crippen LogP contribution >= 0.6 is 11.8 Å². The molecule has 72 valence electrons. The Hall–Kier alpha value is -1.43. The first-order valence-corrected chi connectivity index (χ1v) is 4.99. The van der Waals surface area contributed by atoms with Crippen LogP contribution in [0, 0.1) is 0 Å². The van der Waals surface area contributed by atoms with Gasteiger partial charge >= 0.3 is 0 Å². The van der Waals surface area contributed by atoms with E-state index in [1.54, 1.807) is 0 Å². The molecule has 1 aromatic rings. The summed E-state index contributed by atoms with van der Waals surface area (Å²) in [6.07, 6.45) is 4.29. The van der Waals surface area contributed by atoms with Crippen LogP contribution in [0.25, 0.3) is 0 Å². The van der Waals surface area contributed by atoms with Crippen LogP contribution in [0.3, 0.4) is 0 Å². The quantitative estimate of drug-likeness (QED) is 0.733. The minimum atomic E-state index is -0.352. The number of aromatic nitrogens is 2. The molecule has 0 aromatic carbocycles. The van der Waals surface area contributed by atoms with Crippen molar-refractivity contribution in [3.05, 3.63) is 24.3 Å². The summed E-state index contributed by atoms with van der Waals surface area (Å²) in [7, 11) is 0. The van der Waals surface area contributed by atoms with E-state index in [1.807, 2.05) is 0 Å². The first-order chi connectivity index (χ1) is 6.77. The Balaban J connectivity index is 1.99. The number of thioether (sulfide) groups is 1. The lowest BCUT2D eigenvalue weighted by molar-refractivity contribution is -0.113. The molecule has 0 spiro atoms. The van der Waals surface area contributed by atoms with Crippen molar-refractivity contribution in [1.29, 1.82) is 0 Å². The third-order valence-electron chi connectivity index (χ3n) is 1.78. The van der Waals surface area contributed by atoms with Crippen molar-refractivity contribution in [3.8, 4) is 0 Å². The Morgan fingerprint density at radius 3 is 2.93 bits per heavy atom. The Morgan fingerprint density at radius 1 is 1.57 bits per heavy atom. The largest absolute Gasteiger partial charge is 0.339 e. The lowest BCUT2D eigenvalue weighted by Crippen LogP contribution is -2.47. The van der Waals surface area contributed by atoms with Gasteiger partial charge in [-0.05, 0) is 0 Å². The lowest BCUT2D eigenvalue weighted by atomic mass is 10.3. The predicted molar refractivity (Wildman–Crippen MR) is 50.8 cm³/mol. The summed E-state index contributed by atoms with van der Waals surface area (Å²) in [6.45, 7) is 0. The van der Waals surface area contributed by atoms with Crippen LogP contribution in [0.2, 0.25) is 0 Å². The lowest BCUT2D eigenvalue weighted by Gasteiger charge is -2.23. The number of amides is 1. The van der Waals surface area contributed by atoms with Gasteiger partial charge in [0.1, 0.15) is 11.7 Å². The third kappa shape index (κ3) is 1.74. The molecule has 0 bridgehead atoms. The number of hydrogen-bond donors (Lipinski definition) is 1. The molecule has 0 saturated carbocycles. The summed E-state index contributed by atoms with van der Waals surface area (Å²) < 4.78 is 0. The van der Waals surface area contributed by atoms with Crippen molar-refractivity contribution in [2.24, 2.45) is 0 Å². The standard InChI is InChI=1S/C8H7N3O2S/c12-7(5-3-9-1-2-10-5)11-6-4-14-8(6)13/h1-3,6H,4H2,(H,11,12). The highest BCUT2D eigenvalue weighted by Gasteiger charge is 2.31. The topological polar surface area (TPSA) is 72.0 Å². The molecule has 1 aliphatic heterocycles. The van der Waals surface area contributed by atoms with Gasteiger partial charge in [-0.2, -0.15) is 0 Å². The van der Waals surface area contributed by atoms with E-state index in [0.29, 0.717) is 5.75 Å². The molecule has 2 heterocycles. The van der Waals surface area contributed by atoms with Gasteiger partial charge in [-0.1, -0.05) is 11.8 Å². The monoisotopic (exact) mass is 209 g/mol. The van der Waals surface area contributed by atoms with Gasteiger partial charge in [0.25, 0.3) is 5.91 Å². The van der Waals surface area contributed by atoms with Crippen LogP contribution in [-0.4, -0.2) is 32.8 Å². The molecule has 5 nitrogen and oxygen atoms in total. The maximum absolute atomic E-state index is 11.4. The van der Waals surface area contributed by atoms with Gasteiger partial charge in [-0.3, -0.25) is 14.6 Å². The molecule has 2 rings (SSSR count). The fraction of sp³-hybridized carbons (Fsp3) is 0.250. The number of nitrogens with zero attached hydrogens (tertiary/aromatic N) is 2. The molecule has 1 atom stereocenters. The number of rotatable bonds is 2. The van der Waals surface area contributed by atoms with E-state index < -0.39 is 0 Å². The summed E-state index contributed by atoms with van der Waals surface area (Å²) in [5.74, 6) is 0.293. The van der Waals surface area contributed by atoms with Crippen molar-refractivity contribution >= 4 is 22.8 Å². The number of nitrogens with one attached hydrogen (secondary N) is 1. The van der Waals surface area contributed by atoms with Crippen molar-refractivity contribution in [2.45, 2.75) is 6.04 Å². The van der Waals surface area contributed by atoms with Crippen LogP contribution in [0.1, 0.15) is 10.5 Å². The maximum atomic E-state index is 11.4. The zero-order valence-electron chi connectivity index (χ0n) is 7.14. The first-order valence-electron chi connectivity index (χ1n) is 4.01. The summed E-state index contributed by atoms with van der Waals surface area (Å²) >= 11 is 1.22. The molecule has 1 N–H and O–H groups in total. The SMILES string of the molecule is O=C(NC1CSC1=O)c1cnccn1. The molecule has 0 aliphatic carbocycles. The van der Waals surface area contributed by atoms with E-state index in [1.165, 1.54) is 30.4 Å². The molecule has 1 saturated heterocycles. The second-order valence-electron chi connectivity index (χ2n) is 2.75. The fourth-order valence-electron chi connectivity index (χ4n) is 0.984. The van der Waals surface area contributed by atoms with Crippen molar-refractivity contribution in [3.63, 3.8) is 0 Å². The Labute approximate surface area is 84.3 Å². The third-order valence-corrected chi connectivity index (χ3v) is 2.85. The second-order valence-corrected chi connectivity index (χ2v) is 3.77. The fourth-order valence-corrected chi connectivity index (χ4v) is 1.60. The summed E-state index contributed by atoms with van der Waals surface area (Å²) in [5, 5.41) is 2.57. The Kier molecular flexibility index (Phi) is 2.45. The molecule has 1 aliphatic rings. The highest BCUT2D eigenvalue weighted by Crippen LogP contribution is 2.20. The normalized spacial score (nSPS) is 20.0. The van der Waals surface area contributed by atoms with Gasteiger partial charge in [0.15, 0.2) is 0 Å². The van der Waals surface area contributed by atoms with E-state index in [9.17, 15) is 9.59 Å². The van der Waals surface area contributed by atoms with E-state index in [2.05, 4.69) is 15.3 Å². The average Bonchev–Trinajstić information content (AvgIpc) is 2.24. The van der Waals surface area contributed by atoms with Crippen LogP contribution in [-0.2, 0) is 4.79 Å². The molecule has 14 heavy (non-hydrogen) atoms. The zero-order chi connectivity index (χ0) is 9.97. The Bertz CT molecular complexity index is 368. The molecule has 1 aromatic heterocycles. The van der Waals surface area contributed by atoms with Crippen LogP contribution < -0.4 is 5.32 Å². The Morgan fingerprint density at radius 2 is 2.43 bits per heavy atom. The second kappa shape index (κ2) is 3.75. The summed E-state index contributed by atoms with van der Waals surface area (Å²) in [6, 6.07) is -0.352. The van der Waals surface area contributed by atoms with Gasteiger partial charge in [0.05, 0.1) is 6.20 Å². The van der Waals surface area contributed by atoms with Crippen molar-refractivity contribution in [2.75, 3.05) is 5.75 Å². The summed E-state index contributed by atoms with van der Waals surface area (Å²) in [5.41, 5.74) is 0.234. The van der Waals surface area contributed by atoms with Crippen molar-refractivity contribution in [1.82, 2.24) is 15.3 Å². The molecule has 0 radical (unpaired) electrons. The van der Waals surface area contributed by atoms with Gasteiger partial charge in [0.2, 0.25) is 5.12 Å². The number of carbonyl (C=O) groups is 2. The maximum Gasteiger partial charge on any atom is 0.272 e.